The van der Waals surface area contributed by atoms with E-state index in [1.54, 1.807) is 24.3 Å². The summed E-state index contributed by atoms with van der Waals surface area (Å²) < 4.78 is 98.2. The molecule has 0 aliphatic carbocycles. The molecule has 0 amide bonds. The summed E-state index contributed by atoms with van der Waals surface area (Å²) in [6.07, 6.45) is -5.32. The summed E-state index contributed by atoms with van der Waals surface area (Å²) in [6, 6.07) is 8.55. The average Bonchev–Trinajstić information content (AvgIpc) is 2.59. The van der Waals surface area contributed by atoms with Crippen LogP contribution in [0.1, 0.15) is 21.5 Å². The minimum atomic E-state index is -5.32. The van der Waals surface area contributed by atoms with Crippen molar-refractivity contribution in [2.75, 3.05) is 0 Å². The van der Waals surface area contributed by atoms with Crippen molar-refractivity contribution in [2.45, 2.75) is 13.1 Å². The summed E-state index contributed by atoms with van der Waals surface area (Å²) in [5, 5.41) is 0. The molecule has 0 aliphatic heterocycles. The van der Waals surface area contributed by atoms with E-state index in [-0.39, 0.29) is 17.7 Å². The number of esters is 1. The van der Waals surface area contributed by atoms with Crippen molar-refractivity contribution < 1.29 is 40.3 Å². The number of hydrogen-bond acceptors (Lipinski definition) is 2. The molecule has 3 aromatic rings. The van der Waals surface area contributed by atoms with Crippen molar-refractivity contribution in [2.24, 2.45) is 0 Å². The Kier molecular flexibility index (Phi) is 5.56. The SMILES string of the molecule is Cc1ccc(-c2cc(F)c(C(=O)Oc3cc(F)c(C(F)(F)F)c(F)c3)c(F)c2)cc1. The Morgan fingerprint density at radius 3 is 1.73 bits per heavy atom. The van der Waals surface area contributed by atoms with Crippen LogP contribution in [0.5, 0.6) is 5.75 Å². The van der Waals surface area contributed by atoms with Crippen molar-refractivity contribution in [3.05, 3.63) is 88.5 Å². The average molecular weight is 428 g/mol. The fourth-order valence-corrected chi connectivity index (χ4v) is 2.72. The number of hydrogen-bond donors (Lipinski definition) is 0. The van der Waals surface area contributed by atoms with Gasteiger partial charge in [-0.25, -0.2) is 22.4 Å². The number of carbonyl (C=O) groups is 1. The minimum absolute atomic E-state index is 0.0975. The smallest absolute Gasteiger partial charge is 0.422 e. The molecule has 3 rings (SSSR count). The second kappa shape index (κ2) is 7.81. The number of halogens is 7. The van der Waals surface area contributed by atoms with Crippen LogP contribution in [0, 0.1) is 30.2 Å². The van der Waals surface area contributed by atoms with E-state index >= 15 is 0 Å². The van der Waals surface area contributed by atoms with Gasteiger partial charge in [0.15, 0.2) is 0 Å². The van der Waals surface area contributed by atoms with Crippen LogP contribution in [0.25, 0.3) is 11.1 Å². The molecule has 0 bridgehead atoms. The van der Waals surface area contributed by atoms with E-state index < -0.39 is 52.3 Å². The van der Waals surface area contributed by atoms with Gasteiger partial charge in [0, 0.05) is 12.1 Å². The first kappa shape index (κ1) is 21.4. The number of benzene rings is 3. The minimum Gasteiger partial charge on any atom is -0.423 e. The van der Waals surface area contributed by atoms with Crippen LogP contribution in [-0.2, 0) is 6.18 Å². The molecule has 0 fully saturated rings. The van der Waals surface area contributed by atoms with Gasteiger partial charge in [-0.2, -0.15) is 13.2 Å². The quantitative estimate of drug-likeness (QED) is 0.272. The van der Waals surface area contributed by atoms with E-state index in [2.05, 4.69) is 4.74 Å². The van der Waals surface area contributed by atoms with Gasteiger partial charge in [-0.05, 0) is 30.2 Å². The summed E-state index contributed by atoms with van der Waals surface area (Å²) >= 11 is 0. The maximum absolute atomic E-state index is 14.4. The molecule has 0 saturated heterocycles. The molecule has 0 saturated carbocycles. The highest BCUT2D eigenvalue weighted by Crippen LogP contribution is 2.35. The lowest BCUT2D eigenvalue weighted by Crippen LogP contribution is -2.15. The summed E-state index contributed by atoms with van der Waals surface area (Å²) in [4.78, 5) is 12.1. The maximum atomic E-state index is 14.4. The predicted octanol–water partition coefficient (Wildman–Crippen LogP) is 6.46. The number of ether oxygens (including phenoxy) is 1. The highest BCUT2D eigenvalue weighted by atomic mass is 19.4. The molecule has 30 heavy (non-hydrogen) atoms. The normalized spacial score (nSPS) is 11.5. The molecule has 3 aromatic carbocycles. The number of carbonyl (C=O) groups excluding carboxylic acids is 1. The van der Waals surface area contributed by atoms with E-state index in [1.807, 2.05) is 6.92 Å². The standard InChI is InChI=1S/C21H11F7O2/c1-10-2-4-11(5-3-10)12-6-14(22)18(15(23)7-12)20(29)30-13-8-16(24)19(17(25)9-13)21(26,27)28/h2-9H,1H3. The van der Waals surface area contributed by atoms with Gasteiger partial charge >= 0.3 is 12.1 Å². The molecule has 0 aromatic heterocycles. The first-order chi connectivity index (χ1) is 14.0. The zero-order valence-electron chi connectivity index (χ0n) is 15.1. The lowest BCUT2D eigenvalue weighted by atomic mass is 10.0. The lowest BCUT2D eigenvalue weighted by molar-refractivity contribution is -0.142. The molecule has 0 N–H and O–H groups in total. The molecule has 2 nitrogen and oxygen atoms in total. The van der Waals surface area contributed by atoms with Gasteiger partial charge in [-0.1, -0.05) is 29.8 Å². The molecule has 0 radical (unpaired) electrons. The zero-order valence-corrected chi connectivity index (χ0v) is 15.1. The van der Waals surface area contributed by atoms with Crippen molar-refractivity contribution >= 4 is 5.97 Å². The first-order valence-electron chi connectivity index (χ1n) is 8.32. The maximum Gasteiger partial charge on any atom is 0.422 e. The molecule has 0 spiro atoms. The van der Waals surface area contributed by atoms with Crippen molar-refractivity contribution in [3.8, 4) is 16.9 Å². The van der Waals surface area contributed by atoms with Gasteiger partial charge in [0.2, 0.25) is 0 Å². The van der Waals surface area contributed by atoms with Crippen LogP contribution in [0.4, 0.5) is 30.7 Å². The van der Waals surface area contributed by atoms with Gasteiger partial charge in [-0.15, -0.1) is 0 Å². The number of aryl methyl sites for hydroxylation is 1. The first-order valence-corrected chi connectivity index (χ1v) is 8.32. The van der Waals surface area contributed by atoms with E-state index in [0.29, 0.717) is 5.56 Å². The molecule has 0 aliphatic rings. The fourth-order valence-electron chi connectivity index (χ4n) is 2.72. The number of rotatable bonds is 3. The topological polar surface area (TPSA) is 26.3 Å². The zero-order chi connectivity index (χ0) is 22.2. The van der Waals surface area contributed by atoms with E-state index in [0.717, 1.165) is 17.7 Å². The Morgan fingerprint density at radius 2 is 1.27 bits per heavy atom. The van der Waals surface area contributed by atoms with Gasteiger partial charge < -0.3 is 4.74 Å². The summed E-state index contributed by atoms with van der Waals surface area (Å²) in [5.74, 6) is -9.36. The number of alkyl halides is 3. The Hall–Kier alpha value is -3.36. The fraction of sp³-hybridized carbons (Fsp3) is 0.0952. The summed E-state index contributed by atoms with van der Waals surface area (Å²) in [5.41, 5.74) is -1.84. The molecule has 0 atom stereocenters. The van der Waals surface area contributed by atoms with Crippen LogP contribution >= 0.6 is 0 Å². The third kappa shape index (κ3) is 4.29. The van der Waals surface area contributed by atoms with Crippen LogP contribution in [-0.4, -0.2) is 5.97 Å². The Labute approximate surface area is 165 Å². The third-order valence-electron chi connectivity index (χ3n) is 4.14. The Bertz CT molecular complexity index is 1070. The van der Waals surface area contributed by atoms with Crippen LogP contribution in [0.2, 0.25) is 0 Å². The van der Waals surface area contributed by atoms with Gasteiger partial charge in [0.1, 0.15) is 40.1 Å². The van der Waals surface area contributed by atoms with Crippen molar-refractivity contribution in [3.63, 3.8) is 0 Å². The third-order valence-corrected chi connectivity index (χ3v) is 4.14. The molecule has 9 heteroatoms. The monoisotopic (exact) mass is 428 g/mol. The van der Waals surface area contributed by atoms with Gasteiger partial charge in [0.05, 0.1) is 0 Å². The van der Waals surface area contributed by atoms with Crippen molar-refractivity contribution in [1.29, 1.82) is 0 Å². The Morgan fingerprint density at radius 1 is 0.767 bits per heavy atom. The van der Waals surface area contributed by atoms with Crippen LogP contribution < -0.4 is 4.74 Å². The largest absolute Gasteiger partial charge is 0.423 e. The molecule has 0 heterocycles. The van der Waals surface area contributed by atoms with E-state index in [4.69, 9.17) is 0 Å². The molecular weight excluding hydrogens is 417 g/mol. The van der Waals surface area contributed by atoms with Crippen LogP contribution in [0.3, 0.4) is 0 Å². The predicted molar refractivity (Wildman–Crippen MR) is 92.8 cm³/mol. The van der Waals surface area contributed by atoms with Gasteiger partial charge in [0.25, 0.3) is 0 Å². The van der Waals surface area contributed by atoms with Crippen LogP contribution in [0.15, 0.2) is 48.5 Å². The second-order valence-corrected chi connectivity index (χ2v) is 6.33. The van der Waals surface area contributed by atoms with E-state index in [1.165, 1.54) is 0 Å². The summed E-state index contributed by atoms with van der Waals surface area (Å²) in [6.45, 7) is 1.82. The lowest BCUT2D eigenvalue weighted by Gasteiger charge is -2.12. The molecule has 156 valence electrons. The summed E-state index contributed by atoms with van der Waals surface area (Å²) in [7, 11) is 0. The second-order valence-electron chi connectivity index (χ2n) is 6.33. The molecule has 0 unspecified atom stereocenters. The molecular formula is C21H11F7O2. The Balaban J connectivity index is 1.92. The highest BCUT2D eigenvalue weighted by molar-refractivity contribution is 5.92. The van der Waals surface area contributed by atoms with Crippen molar-refractivity contribution in [1.82, 2.24) is 0 Å². The highest BCUT2D eigenvalue weighted by Gasteiger charge is 2.38. The van der Waals surface area contributed by atoms with Gasteiger partial charge in [-0.3, -0.25) is 0 Å². The van der Waals surface area contributed by atoms with E-state index in [9.17, 15) is 35.5 Å².